The van der Waals surface area contributed by atoms with Gasteiger partial charge in [0.2, 0.25) is 0 Å². The molecule has 0 spiro atoms. The van der Waals surface area contributed by atoms with Crippen molar-refractivity contribution in [2.45, 2.75) is 0 Å². The molecule has 0 saturated carbocycles. The zero-order valence-electron chi connectivity index (χ0n) is 12.2. The molecule has 2 amide bonds. The van der Waals surface area contributed by atoms with E-state index in [-0.39, 0.29) is 6.03 Å². The number of hydrogen-bond donors (Lipinski definition) is 2. The fourth-order valence-electron chi connectivity index (χ4n) is 2.12. The number of benzene rings is 2. The molecule has 0 bridgehead atoms. The van der Waals surface area contributed by atoms with Crippen LogP contribution in [-0.4, -0.2) is 11.0 Å². The van der Waals surface area contributed by atoms with Crippen molar-refractivity contribution in [3.8, 4) is 11.1 Å². The van der Waals surface area contributed by atoms with Crippen LogP contribution in [-0.2, 0) is 0 Å². The van der Waals surface area contributed by atoms with Crippen molar-refractivity contribution < 1.29 is 4.79 Å². The van der Waals surface area contributed by atoms with Crippen molar-refractivity contribution in [1.29, 1.82) is 0 Å². The number of carbonyl (C=O) groups is 1. The molecule has 2 aromatic carbocycles. The summed E-state index contributed by atoms with van der Waals surface area (Å²) in [5, 5.41) is 6.13. The molecule has 0 saturated heterocycles. The quantitative estimate of drug-likeness (QED) is 0.709. The Balaban J connectivity index is 1.70. The van der Waals surface area contributed by atoms with E-state index >= 15 is 0 Å². The van der Waals surface area contributed by atoms with Crippen molar-refractivity contribution >= 4 is 29.0 Å². The van der Waals surface area contributed by atoms with E-state index in [1.165, 1.54) is 0 Å². The molecule has 3 aromatic rings. The first-order chi connectivity index (χ1) is 11.2. The van der Waals surface area contributed by atoms with E-state index < -0.39 is 0 Å². The first-order valence-electron chi connectivity index (χ1n) is 7.05. The van der Waals surface area contributed by atoms with Gasteiger partial charge in [-0.25, -0.2) is 4.79 Å². The van der Waals surface area contributed by atoms with Crippen molar-refractivity contribution in [3.05, 3.63) is 78.1 Å². The molecule has 0 atom stereocenters. The van der Waals surface area contributed by atoms with E-state index in [1.807, 2.05) is 36.4 Å². The summed E-state index contributed by atoms with van der Waals surface area (Å²) in [5.41, 5.74) is 3.27. The van der Waals surface area contributed by atoms with Crippen LogP contribution in [0.15, 0.2) is 73.1 Å². The van der Waals surface area contributed by atoms with E-state index in [0.29, 0.717) is 16.4 Å². The molecule has 2 N–H and O–H groups in total. The topological polar surface area (TPSA) is 54.0 Å². The highest BCUT2D eigenvalue weighted by Gasteiger charge is 2.05. The smallest absolute Gasteiger partial charge is 0.308 e. The third-order valence-corrected chi connectivity index (χ3v) is 3.46. The number of nitrogens with one attached hydrogen (secondary N) is 2. The van der Waals surface area contributed by atoms with Crippen LogP contribution in [0.5, 0.6) is 0 Å². The number of anilines is 2. The van der Waals surface area contributed by atoms with E-state index in [2.05, 4.69) is 15.6 Å². The predicted octanol–water partition coefficient (Wildman–Crippen LogP) is 5.05. The minimum absolute atomic E-state index is 0.334. The highest BCUT2D eigenvalue weighted by Crippen LogP contribution is 2.21. The van der Waals surface area contributed by atoms with Gasteiger partial charge in [-0.05, 0) is 35.9 Å². The summed E-state index contributed by atoms with van der Waals surface area (Å²) >= 11 is 5.82. The van der Waals surface area contributed by atoms with Gasteiger partial charge in [0, 0.05) is 22.5 Å². The Morgan fingerprint density at radius 3 is 2.26 bits per heavy atom. The second kappa shape index (κ2) is 6.94. The molecule has 0 aliphatic carbocycles. The molecule has 4 nitrogen and oxygen atoms in total. The Hall–Kier alpha value is -2.85. The van der Waals surface area contributed by atoms with Crippen LogP contribution >= 0.6 is 11.6 Å². The Kier molecular flexibility index (Phi) is 4.54. The summed E-state index contributed by atoms with van der Waals surface area (Å²) in [6, 6.07) is 18.3. The van der Waals surface area contributed by atoms with E-state index in [9.17, 15) is 4.79 Å². The van der Waals surface area contributed by atoms with Crippen LogP contribution in [0.25, 0.3) is 11.1 Å². The standard InChI is InChI=1S/C18H14ClN3O/c19-15-6-8-16(9-7-15)21-18(23)22-17-10-14(11-20-12-17)13-4-2-1-3-5-13/h1-12H,(H2,21,22,23). The van der Waals surface area contributed by atoms with Crippen LogP contribution in [0.2, 0.25) is 5.02 Å². The van der Waals surface area contributed by atoms with E-state index in [1.54, 1.807) is 36.7 Å². The van der Waals surface area contributed by atoms with Gasteiger partial charge in [0.25, 0.3) is 0 Å². The normalized spacial score (nSPS) is 10.1. The Labute approximate surface area is 139 Å². The van der Waals surface area contributed by atoms with Gasteiger partial charge in [-0.1, -0.05) is 41.9 Å². The lowest BCUT2D eigenvalue weighted by atomic mass is 10.1. The lowest BCUT2D eigenvalue weighted by Crippen LogP contribution is -2.19. The maximum Gasteiger partial charge on any atom is 0.323 e. The Bertz CT molecular complexity index is 804. The van der Waals surface area contributed by atoms with Crippen LogP contribution in [0, 0.1) is 0 Å². The van der Waals surface area contributed by atoms with Crippen LogP contribution in [0.4, 0.5) is 16.2 Å². The monoisotopic (exact) mass is 323 g/mol. The van der Waals surface area contributed by atoms with Crippen molar-refractivity contribution in [2.75, 3.05) is 10.6 Å². The van der Waals surface area contributed by atoms with Crippen LogP contribution in [0.3, 0.4) is 0 Å². The summed E-state index contributed by atoms with van der Waals surface area (Å²) in [6.07, 6.45) is 3.37. The highest BCUT2D eigenvalue weighted by atomic mass is 35.5. The molecular formula is C18H14ClN3O. The van der Waals surface area contributed by atoms with Gasteiger partial charge in [0.15, 0.2) is 0 Å². The fraction of sp³-hybridized carbons (Fsp3) is 0. The second-order valence-electron chi connectivity index (χ2n) is 4.91. The number of carbonyl (C=O) groups excluding carboxylic acids is 1. The van der Waals surface area contributed by atoms with E-state index in [4.69, 9.17) is 11.6 Å². The molecule has 0 radical (unpaired) electrons. The van der Waals surface area contributed by atoms with Gasteiger partial charge >= 0.3 is 6.03 Å². The number of urea groups is 1. The van der Waals surface area contributed by atoms with Crippen LogP contribution in [0.1, 0.15) is 0 Å². The first-order valence-corrected chi connectivity index (χ1v) is 7.42. The second-order valence-corrected chi connectivity index (χ2v) is 5.35. The number of nitrogens with zero attached hydrogens (tertiary/aromatic N) is 1. The third kappa shape index (κ3) is 4.08. The maximum absolute atomic E-state index is 12.0. The van der Waals surface area contributed by atoms with Crippen molar-refractivity contribution in [2.24, 2.45) is 0 Å². The molecule has 5 heteroatoms. The minimum atomic E-state index is -0.334. The van der Waals surface area contributed by atoms with Gasteiger partial charge in [0.1, 0.15) is 0 Å². The lowest BCUT2D eigenvalue weighted by Gasteiger charge is -2.09. The van der Waals surface area contributed by atoms with Crippen molar-refractivity contribution in [1.82, 2.24) is 4.98 Å². The molecule has 23 heavy (non-hydrogen) atoms. The number of halogens is 1. The SMILES string of the molecule is O=C(Nc1ccc(Cl)cc1)Nc1cncc(-c2ccccc2)c1. The molecule has 1 aromatic heterocycles. The number of rotatable bonds is 3. The van der Waals surface area contributed by atoms with Gasteiger partial charge in [0.05, 0.1) is 11.9 Å². The summed E-state index contributed by atoms with van der Waals surface area (Å²) in [4.78, 5) is 16.2. The Morgan fingerprint density at radius 2 is 1.52 bits per heavy atom. The summed E-state index contributed by atoms with van der Waals surface area (Å²) in [7, 11) is 0. The first kappa shape index (κ1) is 15.1. The fourth-order valence-corrected chi connectivity index (χ4v) is 2.25. The molecule has 0 aliphatic heterocycles. The average Bonchev–Trinajstić information content (AvgIpc) is 2.58. The summed E-state index contributed by atoms with van der Waals surface area (Å²) < 4.78 is 0. The molecule has 114 valence electrons. The number of hydrogen-bond acceptors (Lipinski definition) is 2. The largest absolute Gasteiger partial charge is 0.323 e. The number of amides is 2. The average molecular weight is 324 g/mol. The molecule has 0 aliphatic rings. The maximum atomic E-state index is 12.0. The van der Waals surface area contributed by atoms with Gasteiger partial charge in [-0.3, -0.25) is 4.98 Å². The summed E-state index contributed by atoms with van der Waals surface area (Å²) in [6.45, 7) is 0. The Morgan fingerprint density at radius 1 is 0.826 bits per heavy atom. The molecule has 3 rings (SSSR count). The molecule has 1 heterocycles. The predicted molar refractivity (Wildman–Crippen MR) is 93.8 cm³/mol. The molecule has 0 unspecified atom stereocenters. The third-order valence-electron chi connectivity index (χ3n) is 3.21. The van der Waals surface area contributed by atoms with Gasteiger partial charge in [-0.2, -0.15) is 0 Å². The number of aromatic nitrogens is 1. The van der Waals surface area contributed by atoms with Crippen molar-refractivity contribution in [3.63, 3.8) is 0 Å². The lowest BCUT2D eigenvalue weighted by molar-refractivity contribution is 0.262. The van der Waals surface area contributed by atoms with E-state index in [0.717, 1.165) is 11.1 Å². The highest BCUT2D eigenvalue weighted by molar-refractivity contribution is 6.30. The summed E-state index contributed by atoms with van der Waals surface area (Å²) in [5.74, 6) is 0. The zero-order valence-corrected chi connectivity index (χ0v) is 12.9. The van der Waals surface area contributed by atoms with Crippen LogP contribution < -0.4 is 10.6 Å². The van der Waals surface area contributed by atoms with Gasteiger partial charge in [-0.15, -0.1) is 0 Å². The molecular weight excluding hydrogens is 310 g/mol. The van der Waals surface area contributed by atoms with Gasteiger partial charge < -0.3 is 10.6 Å². The molecule has 0 fully saturated rings. The number of pyridine rings is 1. The minimum Gasteiger partial charge on any atom is -0.308 e. The zero-order chi connectivity index (χ0) is 16.1.